The maximum absolute atomic E-state index is 12.8. The predicted octanol–water partition coefficient (Wildman–Crippen LogP) is 2.05. The molecule has 6 nitrogen and oxygen atoms in total. The number of ether oxygens (including phenoxy) is 1. The minimum absolute atomic E-state index is 0.0159. The monoisotopic (exact) mass is 363 g/mol. The minimum atomic E-state index is -3.08. The Morgan fingerprint density at radius 2 is 2.04 bits per heavy atom. The van der Waals surface area contributed by atoms with E-state index in [0.717, 1.165) is 11.3 Å². The molecule has 1 atom stereocenters. The van der Waals surface area contributed by atoms with Crippen molar-refractivity contribution in [1.29, 1.82) is 0 Å². The van der Waals surface area contributed by atoms with Crippen molar-refractivity contribution < 1.29 is 22.4 Å². The summed E-state index contributed by atoms with van der Waals surface area (Å²) in [6.07, 6.45) is 2.23. The van der Waals surface area contributed by atoms with Crippen LogP contribution >= 0.6 is 0 Å². The van der Waals surface area contributed by atoms with Gasteiger partial charge in [0.25, 0.3) is 0 Å². The lowest BCUT2D eigenvalue weighted by Crippen LogP contribution is -2.41. The maximum atomic E-state index is 12.8. The lowest BCUT2D eigenvalue weighted by molar-refractivity contribution is -0.133. The third kappa shape index (κ3) is 4.42. The molecule has 0 radical (unpaired) electrons. The van der Waals surface area contributed by atoms with Crippen molar-refractivity contribution in [3.63, 3.8) is 0 Å². The molecule has 0 N–H and O–H groups in total. The van der Waals surface area contributed by atoms with Crippen LogP contribution in [0.2, 0.25) is 0 Å². The summed E-state index contributed by atoms with van der Waals surface area (Å²) in [4.78, 5) is 14.5. The number of sulfone groups is 1. The van der Waals surface area contributed by atoms with Gasteiger partial charge in [-0.15, -0.1) is 0 Å². The fourth-order valence-corrected chi connectivity index (χ4v) is 4.76. The summed E-state index contributed by atoms with van der Waals surface area (Å²) in [5, 5.41) is 0. The summed E-state index contributed by atoms with van der Waals surface area (Å²) < 4.78 is 34.1. The minimum Gasteiger partial charge on any atom is -0.497 e. The summed E-state index contributed by atoms with van der Waals surface area (Å²) in [6.45, 7) is 0.280. The molecule has 1 aromatic carbocycles. The van der Waals surface area contributed by atoms with E-state index in [2.05, 4.69) is 0 Å². The third-order valence-corrected chi connectivity index (χ3v) is 6.14. The van der Waals surface area contributed by atoms with E-state index in [0.29, 0.717) is 12.2 Å². The van der Waals surface area contributed by atoms with Crippen LogP contribution in [-0.2, 0) is 27.6 Å². The summed E-state index contributed by atoms with van der Waals surface area (Å²) >= 11 is 0. The molecule has 7 heteroatoms. The molecule has 1 saturated heterocycles. The highest BCUT2D eigenvalue weighted by Crippen LogP contribution is 2.22. The van der Waals surface area contributed by atoms with Crippen molar-refractivity contribution in [2.45, 2.75) is 25.4 Å². The second kappa shape index (κ2) is 7.31. The highest BCUT2D eigenvalue weighted by atomic mass is 32.2. The molecule has 3 rings (SSSR count). The summed E-state index contributed by atoms with van der Waals surface area (Å²) in [5.74, 6) is 1.41. The van der Waals surface area contributed by atoms with Crippen molar-refractivity contribution in [2.24, 2.45) is 0 Å². The second-order valence-corrected chi connectivity index (χ2v) is 8.41. The van der Waals surface area contributed by atoms with Crippen LogP contribution in [0.15, 0.2) is 47.1 Å². The van der Waals surface area contributed by atoms with Crippen LogP contribution in [0.25, 0.3) is 0 Å². The fourth-order valence-electron chi connectivity index (χ4n) is 3.03. The van der Waals surface area contributed by atoms with Gasteiger partial charge < -0.3 is 14.1 Å². The van der Waals surface area contributed by atoms with Gasteiger partial charge in [0.05, 0.1) is 37.8 Å². The van der Waals surface area contributed by atoms with Gasteiger partial charge in [-0.3, -0.25) is 4.79 Å². The number of methoxy groups -OCH3 is 1. The molecule has 1 aromatic heterocycles. The lowest BCUT2D eigenvalue weighted by Gasteiger charge is -2.27. The Hall–Kier alpha value is -2.28. The zero-order valence-corrected chi connectivity index (χ0v) is 14.9. The van der Waals surface area contributed by atoms with Crippen LogP contribution in [0.1, 0.15) is 17.7 Å². The van der Waals surface area contributed by atoms with E-state index in [-0.39, 0.29) is 36.4 Å². The molecule has 1 fully saturated rings. The molecular weight excluding hydrogens is 342 g/mol. The molecule has 2 heterocycles. The van der Waals surface area contributed by atoms with Crippen LogP contribution in [0.3, 0.4) is 0 Å². The molecule has 0 saturated carbocycles. The zero-order valence-electron chi connectivity index (χ0n) is 14.1. The van der Waals surface area contributed by atoms with Crippen LogP contribution in [0.5, 0.6) is 5.75 Å². The van der Waals surface area contributed by atoms with Gasteiger partial charge >= 0.3 is 0 Å². The van der Waals surface area contributed by atoms with Crippen molar-refractivity contribution in [1.82, 2.24) is 4.90 Å². The van der Waals surface area contributed by atoms with E-state index >= 15 is 0 Å². The maximum Gasteiger partial charge on any atom is 0.227 e. The first-order chi connectivity index (χ1) is 12.0. The quantitative estimate of drug-likeness (QED) is 0.785. The number of hydrogen-bond acceptors (Lipinski definition) is 5. The standard InChI is InChI=1S/C18H21NO5S/c1-23-16-6-4-14(5-7-16)11-18(20)19(12-17-3-2-9-24-17)15-8-10-25(21,22)13-15/h2-7,9,15H,8,10-13H2,1H3. The van der Waals surface area contributed by atoms with Gasteiger partial charge in [0.15, 0.2) is 9.84 Å². The van der Waals surface area contributed by atoms with Gasteiger partial charge in [0, 0.05) is 6.04 Å². The Morgan fingerprint density at radius 3 is 2.60 bits per heavy atom. The van der Waals surface area contributed by atoms with Crippen molar-refractivity contribution in [3.05, 3.63) is 54.0 Å². The molecule has 1 amide bonds. The van der Waals surface area contributed by atoms with E-state index in [1.807, 2.05) is 12.1 Å². The highest BCUT2D eigenvalue weighted by molar-refractivity contribution is 7.91. The third-order valence-electron chi connectivity index (χ3n) is 4.39. The zero-order chi connectivity index (χ0) is 17.9. The highest BCUT2D eigenvalue weighted by Gasteiger charge is 2.35. The average Bonchev–Trinajstić information content (AvgIpc) is 3.22. The Balaban J connectivity index is 1.76. The van der Waals surface area contributed by atoms with Gasteiger partial charge in [-0.1, -0.05) is 12.1 Å². The van der Waals surface area contributed by atoms with E-state index in [4.69, 9.17) is 9.15 Å². The van der Waals surface area contributed by atoms with Crippen LogP contribution in [0.4, 0.5) is 0 Å². The smallest absolute Gasteiger partial charge is 0.227 e. The number of carbonyl (C=O) groups excluding carboxylic acids is 1. The number of carbonyl (C=O) groups is 1. The Bertz CT molecular complexity index is 812. The Kier molecular flexibility index (Phi) is 5.13. The molecule has 1 aliphatic rings. The first-order valence-corrected chi connectivity index (χ1v) is 9.94. The summed E-state index contributed by atoms with van der Waals surface area (Å²) in [5.41, 5.74) is 0.857. The number of nitrogens with zero attached hydrogens (tertiary/aromatic N) is 1. The molecule has 0 aliphatic carbocycles. The van der Waals surface area contributed by atoms with Gasteiger partial charge in [-0.25, -0.2) is 8.42 Å². The number of furan rings is 1. The molecule has 25 heavy (non-hydrogen) atoms. The van der Waals surface area contributed by atoms with E-state index < -0.39 is 9.84 Å². The molecule has 134 valence electrons. The van der Waals surface area contributed by atoms with Gasteiger partial charge in [0.2, 0.25) is 5.91 Å². The van der Waals surface area contributed by atoms with Crippen molar-refractivity contribution in [3.8, 4) is 5.75 Å². The van der Waals surface area contributed by atoms with E-state index in [1.54, 1.807) is 42.5 Å². The topological polar surface area (TPSA) is 76.8 Å². The molecule has 0 spiro atoms. The first-order valence-electron chi connectivity index (χ1n) is 8.12. The normalized spacial score (nSPS) is 18.8. The summed E-state index contributed by atoms with van der Waals surface area (Å²) in [6, 6.07) is 10.5. The van der Waals surface area contributed by atoms with Gasteiger partial charge in [-0.05, 0) is 36.2 Å². The van der Waals surface area contributed by atoms with Crippen molar-refractivity contribution >= 4 is 15.7 Å². The Morgan fingerprint density at radius 1 is 1.28 bits per heavy atom. The fraction of sp³-hybridized carbons (Fsp3) is 0.389. The lowest BCUT2D eigenvalue weighted by atomic mass is 10.1. The van der Waals surface area contributed by atoms with Gasteiger partial charge in [0.1, 0.15) is 11.5 Å². The molecule has 0 bridgehead atoms. The Labute approximate surface area is 147 Å². The first kappa shape index (κ1) is 17.5. The molecule has 1 unspecified atom stereocenters. The summed E-state index contributed by atoms with van der Waals surface area (Å²) in [7, 11) is -1.49. The van der Waals surface area contributed by atoms with Crippen LogP contribution < -0.4 is 4.74 Å². The molecule has 1 aliphatic heterocycles. The largest absolute Gasteiger partial charge is 0.497 e. The average molecular weight is 363 g/mol. The molecule has 2 aromatic rings. The number of rotatable bonds is 6. The van der Waals surface area contributed by atoms with Crippen molar-refractivity contribution in [2.75, 3.05) is 18.6 Å². The van der Waals surface area contributed by atoms with Crippen LogP contribution in [0, 0.1) is 0 Å². The molecular formula is C18H21NO5S. The number of amides is 1. The number of hydrogen-bond donors (Lipinski definition) is 0. The number of benzene rings is 1. The SMILES string of the molecule is COc1ccc(CC(=O)N(Cc2ccco2)C2CCS(=O)(=O)C2)cc1. The second-order valence-electron chi connectivity index (χ2n) is 6.18. The predicted molar refractivity (Wildman–Crippen MR) is 93.0 cm³/mol. The van der Waals surface area contributed by atoms with E-state index in [9.17, 15) is 13.2 Å². The van der Waals surface area contributed by atoms with E-state index in [1.165, 1.54) is 0 Å². The van der Waals surface area contributed by atoms with Crippen LogP contribution in [-0.4, -0.2) is 43.9 Å². The van der Waals surface area contributed by atoms with Gasteiger partial charge in [-0.2, -0.15) is 0 Å².